The van der Waals surface area contributed by atoms with Crippen LogP contribution in [0.3, 0.4) is 0 Å². The van der Waals surface area contributed by atoms with Crippen LogP contribution < -0.4 is 26.6 Å². The Hall–Kier alpha value is -5.79. The van der Waals surface area contributed by atoms with Crippen LogP contribution in [-0.4, -0.2) is 52.3 Å². The SMILES string of the molecule is CNC(=O)c1ccc(-c2cccc3c2CCN(C(=O)C2=CN(c4cccc(Cl)c4F)NN2)[C@H]3C(=O)Nc2ccc(C(=O)O)cc2)cn1. The molecular weight excluding hydrogens is 629 g/mol. The number of rotatable bonds is 7. The van der Waals surface area contributed by atoms with E-state index in [1.165, 1.54) is 59.6 Å². The number of carbonyl (C=O) groups is 4. The minimum absolute atomic E-state index is 0.0518. The van der Waals surface area contributed by atoms with E-state index < -0.39 is 29.6 Å². The average Bonchev–Trinajstić information content (AvgIpc) is 3.58. The van der Waals surface area contributed by atoms with Gasteiger partial charge in [-0.15, -0.1) is 5.53 Å². The number of aromatic carboxylic acids is 1. The molecule has 12 nitrogen and oxygen atoms in total. The Kier molecular flexibility index (Phi) is 8.57. The number of carbonyl (C=O) groups excluding carboxylic acids is 3. The second kappa shape index (κ2) is 12.9. The van der Waals surface area contributed by atoms with Gasteiger partial charge in [0.05, 0.1) is 22.5 Å². The van der Waals surface area contributed by atoms with E-state index in [9.17, 15) is 28.7 Å². The highest BCUT2D eigenvalue weighted by atomic mass is 35.5. The van der Waals surface area contributed by atoms with E-state index in [1.807, 2.05) is 6.07 Å². The molecular formula is C33H27ClFN7O5. The number of carboxylic acid groups (broad SMARTS) is 1. The van der Waals surface area contributed by atoms with Crippen LogP contribution in [0.1, 0.15) is 38.0 Å². The predicted molar refractivity (Wildman–Crippen MR) is 171 cm³/mol. The Morgan fingerprint density at radius 2 is 1.79 bits per heavy atom. The lowest BCUT2D eigenvalue weighted by molar-refractivity contribution is -0.136. The number of halogens is 2. The molecule has 6 rings (SSSR count). The molecule has 0 fully saturated rings. The molecule has 4 aromatic rings. The standard InChI is InChI=1S/C33H27ClFN7O5/c1-36-30(43)25-13-10-19(16-37-25)21-4-2-5-23-22(21)14-15-41(29(23)31(44)38-20-11-8-18(9-12-20)33(46)47)32(45)26-17-42(40-39-26)27-7-3-6-24(34)28(27)35/h2-13,16-17,29,39-40H,14-15H2,1H3,(H,36,43)(H,38,44)(H,46,47)/t29-/m1/s1. The number of aromatic nitrogens is 1. The maximum absolute atomic E-state index is 14.7. The third-order valence-corrected chi connectivity index (χ3v) is 8.15. The molecule has 3 heterocycles. The summed E-state index contributed by atoms with van der Waals surface area (Å²) < 4.78 is 14.7. The van der Waals surface area contributed by atoms with Crippen molar-refractivity contribution in [3.05, 3.63) is 124 Å². The number of benzene rings is 3. The van der Waals surface area contributed by atoms with Crippen molar-refractivity contribution in [1.82, 2.24) is 26.2 Å². The highest BCUT2D eigenvalue weighted by molar-refractivity contribution is 6.31. The zero-order chi connectivity index (χ0) is 33.2. The molecule has 1 aromatic heterocycles. The van der Waals surface area contributed by atoms with Gasteiger partial charge in [-0.1, -0.05) is 41.9 Å². The van der Waals surface area contributed by atoms with Crippen LogP contribution in [0.4, 0.5) is 15.8 Å². The van der Waals surface area contributed by atoms with Gasteiger partial charge in [-0.25, -0.2) is 9.18 Å². The molecule has 5 N–H and O–H groups in total. The second-order valence-corrected chi connectivity index (χ2v) is 11.0. The molecule has 47 heavy (non-hydrogen) atoms. The summed E-state index contributed by atoms with van der Waals surface area (Å²) in [6, 6.07) is 17.8. The van der Waals surface area contributed by atoms with Crippen molar-refractivity contribution < 1.29 is 28.7 Å². The molecule has 0 radical (unpaired) electrons. The van der Waals surface area contributed by atoms with Crippen molar-refractivity contribution >= 4 is 46.7 Å². The van der Waals surface area contributed by atoms with E-state index in [0.29, 0.717) is 17.7 Å². The largest absolute Gasteiger partial charge is 0.478 e. The topological polar surface area (TPSA) is 156 Å². The van der Waals surface area contributed by atoms with Gasteiger partial charge in [-0.05, 0) is 65.6 Å². The van der Waals surface area contributed by atoms with Crippen LogP contribution in [0.5, 0.6) is 0 Å². The molecule has 0 bridgehead atoms. The van der Waals surface area contributed by atoms with Gasteiger partial charge in [-0.2, -0.15) is 0 Å². The first-order valence-corrected chi connectivity index (χ1v) is 14.8. The Bertz CT molecular complexity index is 1940. The smallest absolute Gasteiger partial charge is 0.335 e. The number of fused-ring (bicyclic) bond motifs is 1. The van der Waals surface area contributed by atoms with Crippen molar-refractivity contribution in [3.8, 4) is 11.1 Å². The number of amides is 3. The highest BCUT2D eigenvalue weighted by Crippen LogP contribution is 2.38. The summed E-state index contributed by atoms with van der Waals surface area (Å²) in [5, 5.41) is 15.8. The van der Waals surface area contributed by atoms with Crippen molar-refractivity contribution in [1.29, 1.82) is 0 Å². The molecule has 0 saturated carbocycles. The van der Waals surface area contributed by atoms with Gasteiger partial charge in [0, 0.05) is 31.0 Å². The van der Waals surface area contributed by atoms with Crippen LogP contribution >= 0.6 is 11.6 Å². The number of hydrazine groups is 2. The van der Waals surface area contributed by atoms with Crippen LogP contribution in [0.2, 0.25) is 5.02 Å². The summed E-state index contributed by atoms with van der Waals surface area (Å²) in [6.07, 6.45) is 3.35. The minimum Gasteiger partial charge on any atom is -0.478 e. The maximum Gasteiger partial charge on any atom is 0.335 e. The van der Waals surface area contributed by atoms with Gasteiger partial charge in [0.2, 0.25) is 0 Å². The summed E-state index contributed by atoms with van der Waals surface area (Å²) in [7, 11) is 1.52. The molecule has 0 aliphatic carbocycles. The van der Waals surface area contributed by atoms with E-state index in [2.05, 4.69) is 26.6 Å². The molecule has 14 heteroatoms. The molecule has 2 aliphatic rings. The van der Waals surface area contributed by atoms with Crippen LogP contribution in [0, 0.1) is 5.82 Å². The van der Waals surface area contributed by atoms with Gasteiger partial charge in [0.25, 0.3) is 17.7 Å². The number of hydrogen-bond acceptors (Lipinski definition) is 8. The molecule has 3 aromatic carbocycles. The van der Waals surface area contributed by atoms with Gasteiger partial charge >= 0.3 is 5.97 Å². The van der Waals surface area contributed by atoms with Crippen molar-refractivity contribution in [2.24, 2.45) is 0 Å². The van der Waals surface area contributed by atoms with Crippen molar-refractivity contribution in [2.45, 2.75) is 12.5 Å². The summed E-state index contributed by atoms with van der Waals surface area (Å²) in [6.45, 7) is 0.146. The number of hydrogen-bond donors (Lipinski definition) is 5. The monoisotopic (exact) mass is 655 g/mol. The first kappa shape index (κ1) is 31.2. The van der Waals surface area contributed by atoms with E-state index >= 15 is 0 Å². The van der Waals surface area contributed by atoms with E-state index in [1.54, 1.807) is 36.5 Å². The Morgan fingerprint density at radius 1 is 1.02 bits per heavy atom. The van der Waals surface area contributed by atoms with Crippen LogP contribution in [0.25, 0.3) is 11.1 Å². The number of nitrogens with one attached hydrogen (secondary N) is 4. The molecule has 0 spiro atoms. The Balaban J connectivity index is 1.36. The number of carboxylic acids is 1. The maximum atomic E-state index is 14.7. The number of anilines is 2. The zero-order valence-corrected chi connectivity index (χ0v) is 25.5. The van der Waals surface area contributed by atoms with Crippen molar-refractivity contribution in [2.75, 3.05) is 23.9 Å². The summed E-state index contributed by atoms with van der Waals surface area (Å²) in [4.78, 5) is 57.1. The summed E-state index contributed by atoms with van der Waals surface area (Å²) in [5.41, 5.74) is 9.18. The summed E-state index contributed by atoms with van der Waals surface area (Å²) in [5.74, 6) is -3.18. The van der Waals surface area contributed by atoms with Crippen LogP contribution in [-0.2, 0) is 16.0 Å². The Labute approximate surface area is 272 Å². The van der Waals surface area contributed by atoms with Gasteiger partial charge < -0.3 is 20.6 Å². The molecule has 2 aliphatic heterocycles. The van der Waals surface area contributed by atoms with E-state index in [0.717, 1.165) is 16.7 Å². The quantitative estimate of drug-likeness (QED) is 0.198. The molecule has 0 saturated heterocycles. The lowest BCUT2D eigenvalue weighted by Gasteiger charge is -2.37. The Morgan fingerprint density at radius 3 is 2.49 bits per heavy atom. The fraction of sp³-hybridized carbons (Fsp3) is 0.121. The molecule has 238 valence electrons. The fourth-order valence-electron chi connectivity index (χ4n) is 5.55. The normalized spacial score (nSPS) is 15.3. The second-order valence-electron chi connectivity index (χ2n) is 10.6. The third kappa shape index (κ3) is 6.09. The number of nitrogens with zero attached hydrogens (tertiary/aromatic N) is 3. The lowest BCUT2D eigenvalue weighted by Crippen LogP contribution is -2.48. The van der Waals surface area contributed by atoms with Crippen molar-refractivity contribution in [3.63, 3.8) is 0 Å². The molecule has 0 unspecified atom stereocenters. The van der Waals surface area contributed by atoms with Gasteiger partial charge in [0.15, 0.2) is 5.82 Å². The predicted octanol–water partition coefficient (Wildman–Crippen LogP) is 4.03. The molecule has 1 atom stereocenters. The highest BCUT2D eigenvalue weighted by Gasteiger charge is 2.39. The first-order valence-electron chi connectivity index (χ1n) is 14.4. The fourth-order valence-corrected chi connectivity index (χ4v) is 5.72. The van der Waals surface area contributed by atoms with Gasteiger partial charge in [-0.3, -0.25) is 29.8 Å². The van der Waals surface area contributed by atoms with E-state index in [-0.39, 0.29) is 40.1 Å². The minimum atomic E-state index is -1.11. The van der Waals surface area contributed by atoms with E-state index in [4.69, 9.17) is 11.6 Å². The molecule has 3 amide bonds. The lowest BCUT2D eigenvalue weighted by atomic mass is 9.86. The van der Waals surface area contributed by atoms with Gasteiger partial charge in [0.1, 0.15) is 17.4 Å². The average molecular weight is 656 g/mol. The third-order valence-electron chi connectivity index (χ3n) is 7.85. The zero-order valence-electron chi connectivity index (χ0n) is 24.8. The number of pyridine rings is 1. The first-order chi connectivity index (χ1) is 22.7. The summed E-state index contributed by atoms with van der Waals surface area (Å²) >= 11 is 5.95. The van der Waals surface area contributed by atoms with Crippen LogP contribution in [0.15, 0.2) is 90.9 Å².